The molecule has 1 unspecified atom stereocenters. The van der Waals surface area contributed by atoms with Gasteiger partial charge in [-0.05, 0) is 19.1 Å². The lowest BCUT2D eigenvalue weighted by Gasteiger charge is -2.14. The van der Waals surface area contributed by atoms with E-state index >= 15 is 0 Å². The van der Waals surface area contributed by atoms with Gasteiger partial charge in [0.25, 0.3) is 0 Å². The Balaban J connectivity index is 2.04. The van der Waals surface area contributed by atoms with Crippen molar-refractivity contribution < 1.29 is 5.11 Å². The molecule has 0 saturated heterocycles. The van der Waals surface area contributed by atoms with Crippen molar-refractivity contribution in [2.75, 3.05) is 18.4 Å². The number of nitrogens with two attached hydrogens (primary N) is 1. The second kappa shape index (κ2) is 6.77. The van der Waals surface area contributed by atoms with Crippen molar-refractivity contribution >= 4 is 16.6 Å². The van der Waals surface area contributed by atoms with Gasteiger partial charge in [-0.1, -0.05) is 48.0 Å². The second-order valence-corrected chi connectivity index (χ2v) is 5.71. The maximum atomic E-state index is 9.71. The normalized spacial score (nSPS) is 12.3. The van der Waals surface area contributed by atoms with Gasteiger partial charge in [0.15, 0.2) is 0 Å². The Kier molecular flexibility index (Phi) is 4.55. The monoisotopic (exact) mass is 307 g/mol. The predicted molar refractivity (Wildman–Crippen MR) is 95.5 cm³/mol. The van der Waals surface area contributed by atoms with E-state index in [0.717, 1.165) is 27.8 Å². The van der Waals surface area contributed by atoms with E-state index in [1.165, 1.54) is 5.56 Å². The van der Waals surface area contributed by atoms with E-state index < -0.39 is 6.10 Å². The third-order valence-corrected chi connectivity index (χ3v) is 3.86. The Hall–Kier alpha value is -2.43. The van der Waals surface area contributed by atoms with Gasteiger partial charge in [0.1, 0.15) is 0 Å². The molecule has 0 amide bonds. The Bertz CT molecular complexity index is 799. The lowest BCUT2D eigenvalue weighted by Crippen LogP contribution is -2.27. The van der Waals surface area contributed by atoms with Gasteiger partial charge in [-0.2, -0.15) is 0 Å². The molecule has 0 aliphatic heterocycles. The summed E-state index contributed by atoms with van der Waals surface area (Å²) in [5.74, 6) is 0. The van der Waals surface area contributed by atoms with Crippen LogP contribution in [-0.4, -0.2) is 29.3 Å². The van der Waals surface area contributed by atoms with Gasteiger partial charge in [0, 0.05) is 29.7 Å². The summed E-state index contributed by atoms with van der Waals surface area (Å²) in [7, 11) is 0. The van der Waals surface area contributed by atoms with Crippen LogP contribution in [0.15, 0.2) is 54.6 Å². The number of hydrogen-bond acceptors (Lipinski definition) is 4. The number of aliphatic hydroxyl groups is 1. The fraction of sp³-hybridized carbons (Fsp3) is 0.211. The van der Waals surface area contributed by atoms with Gasteiger partial charge >= 0.3 is 0 Å². The fourth-order valence-corrected chi connectivity index (χ4v) is 2.50. The van der Waals surface area contributed by atoms with Crippen molar-refractivity contribution in [1.82, 2.24) is 4.98 Å². The van der Waals surface area contributed by atoms with Gasteiger partial charge in [-0.25, -0.2) is 4.98 Å². The highest BCUT2D eigenvalue weighted by Crippen LogP contribution is 2.28. The molecule has 4 N–H and O–H groups in total. The lowest BCUT2D eigenvalue weighted by atomic mass is 10.1. The minimum absolute atomic E-state index is 0.237. The first-order valence-electron chi connectivity index (χ1n) is 7.76. The summed E-state index contributed by atoms with van der Waals surface area (Å²) in [6.07, 6.45) is -0.565. The molecule has 0 aliphatic carbocycles. The quantitative estimate of drug-likeness (QED) is 0.678. The lowest BCUT2D eigenvalue weighted by molar-refractivity contribution is 0.196. The first kappa shape index (κ1) is 15.5. The number of fused-ring (bicyclic) bond motifs is 1. The summed E-state index contributed by atoms with van der Waals surface area (Å²) in [5, 5.41) is 14.0. The van der Waals surface area contributed by atoms with Crippen molar-refractivity contribution in [2.45, 2.75) is 13.0 Å². The van der Waals surface area contributed by atoms with Gasteiger partial charge in [-0.15, -0.1) is 0 Å². The zero-order chi connectivity index (χ0) is 16.2. The van der Waals surface area contributed by atoms with Crippen molar-refractivity contribution in [3.63, 3.8) is 0 Å². The van der Waals surface area contributed by atoms with Crippen molar-refractivity contribution in [2.24, 2.45) is 5.73 Å². The van der Waals surface area contributed by atoms with Crippen LogP contribution in [0.5, 0.6) is 0 Å². The summed E-state index contributed by atoms with van der Waals surface area (Å²) in [5.41, 5.74) is 10.6. The summed E-state index contributed by atoms with van der Waals surface area (Å²) in [6.45, 7) is 2.72. The summed E-state index contributed by atoms with van der Waals surface area (Å²) < 4.78 is 0. The van der Waals surface area contributed by atoms with Crippen LogP contribution in [-0.2, 0) is 0 Å². The summed E-state index contributed by atoms with van der Waals surface area (Å²) >= 11 is 0. The largest absolute Gasteiger partial charge is 0.390 e. The number of pyridine rings is 1. The number of hydrogen-bond donors (Lipinski definition) is 3. The van der Waals surface area contributed by atoms with Crippen LogP contribution < -0.4 is 11.1 Å². The van der Waals surface area contributed by atoms with Gasteiger partial charge in [0.05, 0.1) is 17.3 Å². The van der Waals surface area contributed by atoms with E-state index in [4.69, 9.17) is 10.7 Å². The highest BCUT2D eigenvalue weighted by atomic mass is 16.3. The van der Waals surface area contributed by atoms with Crippen LogP contribution in [0.1, 0.15) is 5.56 Å². The standard InChI is InChI=1S/C19H21N3O/c1-13-6-8-14(9-7-13)18-10-19(21-12-15(23)11-20)16-4-2-3-5-17(16)22-18/h2-10,15,23H,11-12,20H2,1H3,(H,21,22). The number of benzene rings is 2. The first-order valence-corrected chi connectivity index (χ1v) is 7.76. The molecule has 1 heterocycles. The second-order valence-electron chi connectivity index (χ2n) is 5.71. The highest BCUT2D eigenvalue weighted by molar-refractivity contribution is 5.93. The Morgan fingerprint density at radius 2 is 1.87 bits per heavy atom. The molecule has 0 radical (unpaired) electrons. The molecule has 0 bridgehead atoms. The average Bonchev–Trinajstić information content (AvgIpc) is 2.59. The van der Waals surface area contributed by atoms with Crippen molar-refractivity contribution in [3.8, 4) is 11.3 Å². The molecule has 4 nitrogen and oxygen atoms in total. The SMILES string of the molecule is Cc1ccc(-c2cc(NCC(O)CN)c3ccccc3n2)cc1. The van der Waals surface area contributed by atoms with E-state index in [9.17, 15) is 5.11 Å². The Morgan fingerprint density at radius 1 is 1.13 bits per heavy atom. The number of anilines is 1. The molecule has 118 valence electrons. The molecule has 3 rings (SSSR count). The summed E-state index contributed by atoms with van der Waals surface area (Å²) in [4.78, 5) is 4.76. The smallest absolute Gasteiger partial charge is 0.0834 e. The van der Waals surface area contributed by atoms with Crippen LogP contribution in [0, 0.1) is 6.92 Å². The molecule has 0 fully saturated rings. The molecule has 2 aromatic carbocycles. The van der Waals surface area contributed by atoms with E-state index in [1.807, 2.05) is 30.3 Å². The minimum Gasteiger partial charge on any atom is -0.390 e. The van der Waals surface area contributed by atoms with Crippen LogP contribution in [0.4, 0.5) is 5.69 Å². The van der Waals surface area contributed by atoms with Crippen molar-refractivity contribution in [3.05, 3.63) is 60.2 Å². The fourth-order valence-electron chi connectivity index (χ4n) is 2.50. The molecule has 0 saturated carbocycles. The maximum Gasteiger partial charge on any atom is 0.0834 e. The van der Waals surface area contributed by atoms with Gasteiger partial charge in [-0.3, -0.25) is 0 Å². The third kappa shape index (κ3) is 3.50. The maximum absolute atomic E-state index is 9.71. The number of nitrogens with one attached hydrogen (secondary N) is 1. The van der Waals surface area contributed by atoms with Gasteiger partial charge in [0.2, 0.25) is 0 Å². The Morgan fingerprint density at radius 3 is 2.61 bits per heavy atom. The minimum atomic E-state index is -0.565. The third-order valence-electron chi connectivity index (χ3n) is 3.86. The predicted octanol–water partition coefficient (Wildman–Crippen LogP) is 2.94. The summed E-state index contributed by atoms with van der Waals surface area (Å²) in [6, 6.07) is 18.3. The Labute approximate surface area is 136 Å². The first-order chi connectivity index (χ1) is 11.2. The molecular formula is C19H21N3O. The van der Waals surface area contributed by atoms with Crippen LogP contribution in [0.2, 0.25) is 0 Å². The molecule has 1 atom stereocenters. The van der Waals surface area contributed by atoms with Crippen LogP contribution in [0.25, 0.3) is 22.2 Å². The molecule has 1 aromatic heterocycles. The number of para-hydroxylation sites is 1. The molecule has 23 heavy (non-hydrogen) atoms. The van der Waals surface area contributed by atoms with Crippen LogP contribution >= 0.6 is 0 Å². The molecule has 0 aliphatic rings. The topological polar surface area (TPSA) is 71.2 Å². The number of rotatable bonds is 5. The molecule has 0 spiro atoms. The van der Waals surface area contributed by atoms with E-state index in [2.05, 4.69) is 36.5 Å². The number of aromatic nitrogens is 1. The molecular weight excluding hydrogens is 286 g/mol. The zero-order valence-corrected chi connectivity index (χ0v) is 13.2. The number of aryl methyl sites for hydroxylation is 1. The van der Waals surface area contributed by atoms with Crippen molar-refractivity contribution in [1.29, 1.82) is 0 Å². The molecule has 3 aromatic rings. The zero-order valence-electron chi connectivity index (χ0n) is 13.2. The van der Waals surface area contributed by atoms with Crippen LogP contribution in [0.3, 0.4) is 0 Å². The van der Waals surface area contributed by atoms with E-state index in [0.29, 0.717) is 6.54 Å². The van der Waals surface area contributed by atoms with Gasteiger partial charge < -0.3 is 16.2 Å². The number of aliphatic hydroxyl groups excluding tert-OH is 1. The molecule has 4 heteroatoms. The van der Waals surface area contributed by atoms with E-state index in [1.54, 1.807) is 0 Å². The highest BCUT2D eigenvalue weighted by Gasteiger charge is 2.08. The average molecular weight is 307 g/mol. The van der Waals surface area contributed by atoms with E-state index in [-0.39, 0.29) is 6.54 Å². The number of nitrogens with zero attached hydrogens (tertiary/aromatic N) is 1.